The van der Waals surface area contributed by atoms with E-state index in [1.165, 1.54) is 6.20 Å². The largest absolute Gasteiger partial charge is 0.372 e. The number of hydrogen-bond acceptors (Lipinski definition) is 3. The average Bonchev–Trinajstić information content (AvgIpc) is 3.12. The van der Waals surface area contributed by atoms with E-state index in [4.69, 9.17) is 4.74 Å². The van der Waals surface area contributed by atoms with Crippen molar-refractivity contribution in [2.75, 3.05) is 6.61 Å². The minimum absolute atomic E-state index is 0.00116. The van der Waals surface area contributed by atoms with Crippen LogP contribution in [0.1, 0.15) is 35.0 Å². The normalized spacial score (nSPS) is 18.1. The van der Waals surface area contributed by atoms with E-state index in [2.05, 4.69) is 5.10 Å². The minimum atomic E-state index is -1.54. The van der Waals surface area contributed by atoms with Crippen molar-refractivity contribution in [3.8, 4) is 5.69 Å². The molecule has 0 spiro atoms. The Labute approximate surface area is 118 Å². The number of ether oxygens (including phenoxy) is 1. The summed E-state index contributed by atoms with van der Waals surface area (Å²) in [5.41, 5.74) is 0.707. The number of aromatic nitrogens is 2. The molecule has 1 aliphatic rings. The Kier molecular flexibility index (Phi) is 3.50. The summed E-state index contributed by atoms with van der Waals surface area (Å²) >= 11 is 0. The van der Waals surface area contributed by atoms with Crippen LogP contribution in [0, 0.1) is 17.5 Å². The molecule has 1 unspecified atom stereocenters. The molecule has 2 heterocycles. The smallest absolute Gasteiger partial charge is 0.194 e. The highest BCUT2D eigenvalue weighted by atomic mass is 19.2. The van der Waals surface area contributed by atoms with Crippen molar-refractivity contribution < 1.29 is 22.7 Å². The molecule has 1 atom stereocenters. The van der Waals surface area contributed by atoms with Gasteiger partial charge in [-0.1, -0.05) is 0 Å². The van der Waals surface area contributed by atoms with Gasteiger partial charge in [0.1, 0.15) is 11.8 Å². The van der Waals surface area contributed by atoms with E-state index in [9.17, 15) is 18.0 Å². The summed E-state index contributed by atoms with van der Waals surface area (Å²) in [6, 6.07) is 1.64. The van der Waals surface area contributed by atoms with Crippen LogP contribution in [0.2, 0.25) is 0 Å². The second kappa shape index (κ2) is 5.33. The molecule has 110 valence electrons. The molecule has 1 saturated heterocycles. The molecule has 0 amide bonds. The number of hydrogen-bond donors (Lipinski definition) is 0. The van der Waals surface area contributed by atoms with Crippen LogP contribution < -0.4 is 0 Å². The van der Waals surface area contributed by atoms with Gasteiger partial charge in [-0.3, -0.25) is 4.79 Å². The predicted molar refractivity (Wildman–Crippen MR) is 66.8 cm³/mol. The standard InChI is InChI=1S/C14H11F3N2O2/c15-10-4-9(5-11(16)13(10)17)19-6-8(7-20)14(18-19)12-2-1-3-21-12/h4-7,12H,1-3H2. The molecule has 0 radical (unpaired) electrons. The second-order valence-corrected chi connectivity index (χ2v) is 4.76. The first-order chi connectivity index (χ1) is 10.1. The van der Waals surface area contributed by atoms with Gasteiger partial charge >= 0.3 is 0 Å². The van der Waals surface area contributed by atoms with Gasteiger partial charge in [0, 0.05) is 24.9 Å². The van der Waals surface area contributed by atoms with Gasteiger partial charge in [-0.2, -0.15) is 5.10 Å². The fraction of sp³-hybridized carbons (Fsp3) is 0.286. The van der Waals surface area contributed by atoms with Crippen molar-refractivity contribution in [1.29, 1.82) is 0 Å². The molecule has 0 saturated carbocycles. The molecule has 1 aliphatic heterocycles. The third kappa shape index (κ3) is 2.44. The molecule has 2 aromatic rings. The molecule has 1 aromatic carbocycles. The van der Waals surface area contributed by atoms with Gasteiger partial charge in [0.2, 0.25) is 0 Å². The third-order valence-corrected chi connectivity index (χ3v) is 3.37. The third-order valence-electron chi connectivity index (χ3n) is 3.37. The lowest BCUT2D eigenvalue weighted by Gasteiger charge is -2.06. The van der Waals surface area contributed by atoms with E-state index in [1.54, 1.807) is 0 Å². The highest BCUT2D eigenvalue weighted by Crippen LogP contribution is 2.30. The summed E-state index contributed by atoms with van der Waals surface area (Å²) in [5, 5.41) is 4.15. The zero-order chi connectivity index (χ0) is 15.0. The van der Waals surface area contributed by atoms with Gasteiger partial charge in [0.05, 0.1) is 11.3 Å². The van der Waals surface area contributed by atoms with Gasteiger partial charge < -0.3 is 4.74 Å². The topological polar surface area (TPSA) is 44.1 Å². The average molecular weight is 296 g/mol. The Hall–Kier alpha value is -2.15. The van der Waals surface area contributed by atoms with E-state index in [-0.39, 0.29) is 17.4 Å². The maximum atomic E-state index is 13.3. The van der Waals surface area contributed by atoms with E-state index >= 15 is 0 Å². The monoisotopic (exact) mass is 296 g/mol. The van der Waals surface area contributed by atoms with Crippen molar-refractivity contribution in [3.63, 3.8) is 0 Å². The molecule has 7 heteroatoms. The predicted octanol–water partition coefficient (Wildman–Crippen LogP) is 2.95. The highest BCUT2D eigenvalue weighted by molar-refractivity contribution is 5.76. The maximum Gasteiger partial charge on any atom is 0.194 e. The summed E-state index contributed by atoms with van der Waals surface area (Å²) in [6.07, 6.45) is 3.23. The van der Waals surface area contributed by atoms with E-state index in [0.717, 1.165) is 29.7 Å². The zero-order valence-corrected chi connectivity index (χ0v) is 10.9. The first-order valence-electron chi connectivity index (χ1n) is 6.41. The van der Waals surface area contributed by atoms with Crippen LogP contribution in [0.4, 0.5) is 13.2 Å². The van der Waals surface area contributed by atoms with Crippen LogP contribution >= 0.6 is 0 Å². The minimum Gasteiger partial charge on any atom is -0.372 e. The fourth-order valence-corrected chi connectivity index (χ4v) is 2.34. The van der Waals surface area contributed by atoms with Gasteiger partial charge in [-0.25, -0.2) is 17.9 Å². The number of nitrogens with zero attached hydrogens (tertiary/aromatic N) is 2. The number of carbonyl (C=O) groups excluding carboxylic acids is 1. The molecule has 21 heavy (non-hydrogen) atoms. The van der Waals surface area contributed by atoms with Crippen molar-refractivity contribution in [3.05, 3.63) is 47.0 Å². The Bertz CT molecular complexity index is 671. The van der Waals surface area contributed by atoms with Crippen molar-refractivity contribution >= 4 is 6.29 Å². The van der Waals surface area contributed by atoms with E-state index in [0.29, 0.717) is 18.6 Å². The lowest BCUT2D eigenvalue weighted by Crippen LogP contribution is -2.03. The SMILES string of the molecule is O=Cc1cn(-c2cc(F)c(F)c(F)c2)nc1C1CCCO1. The molecule has 3 rings (SSSR count). The van der Waals surface area contributed by atoms with Crippen molar-refractivity contribution in [1.82, 2.24) is 9.78 Å². The molecule has 0 aliphatic carbocycles. The lowest BCUT2D eigenvalue weighted by atomic mass is 10.1. The van der Waals surface area contributed by atoms with E-state index < -0.39 is 17.5 Å². The van der Waals surface area contributed by atoms with Gasteiger partial charge in [-0.15, -0.1) is 0 Å². The van der Waals surface area contributed by atoms with Crippen LogP contribution in [0.5, 0.6) is 0 Å². The number of aldehydes is 1. The van der Waals surface area contributed by atoms with Gasteiger partial charge in [0.15, 0.2) is 23.7 Å². The first-order valence-corrected chi connectivity index (χ1v) is 6.41. The van der Waals surface area contributed by atoms with Crippen molar-refractivity contribution in [2.24, 2.45) is 0 Å². The molecule has 0 N–H and O–H groups in total. The van der Waals surface area contributed by atoms with Crippen LogP contribution in [0.15, 0.2) is 18.3 Å². The van der Waals surface area contributed by atoms with Crippen LogP contribution in [0.3, 0.4) is 0 Å². The lowest BCUT2D eigenvalue weighted by molar-refractivity contribution is 0.104. The molecule has 1 aromatic heterocycles. The van der Waals surface area contributed by atoms with Gasteiger partial charge in [-0.05, 0) is 12.8 Å². The molecule has 4 nitrogen and oxygen atoms in total. The Morgan fingerprint density at radius 3 is 2.57 bits per heavy atom. The fourth-order valence-electron chi connectivity index (χ4n) is 2.34. The van der Waals surface area contributed by atoms with Gasteiger partial charge in [0.25, 0.3) is 0 Å². The van der Waals surface area contributed by atoms with Crippen LogP contribution in [0.25, 0.3) is 5.69 Å². The van der Waals surface area contributed by atoms with E-state index in [1.807, 2.05) is 0 Å². The summed E-state index contributed by atoms with van der Waals surface area (Å²) in [7, 11) is 0. The number of benzene rings is 1. The molecule has 0 bridgehead atoms. The van der Waals surface area contributed by atoms with Crippen LogP contribution in [-0.2, 0) is 4.74 Å². The Balaban J connectivity index is 2.05. The van der Waals surface area contributed by atoms with Crippen molar-refractivity contribution in [2.45, 2.75) is 18.9 Å². The van der Waals surface area contributed by atoms with Crippen LogP contribution in [-0.4, -0.2) is 22.7 Å². The number of carbonyl (C=O) groups is 1. The molecular weight excluding hydrogens is 285 g/mol. The Morgan fingerprint density at radius 2 is 2.00 bits per heavy atom. The first kappa shape index (κ1) is 13.8. The summed E-state index contributed by atoms with van der Waals surface area (Å²) in [6.45, 7) is 0.579. The second-order valence-electron chi connectivity index (χ2n) is 4.76. The quantitative estimate of drug-likeness (QED) is 0.646. The summed E-state index contributed by atoms with van der Waals surface area (Å²) in [4.78, 5) is 11.1. The summed E-state index contributed by atoms with van der Waals surface area (Å²) in [5.74, 6) is -4.17. The molecule has 1 fully saturated rings. The highest BCUT2D eigenvalue weighted by Gasteiger charge is 2.24. The number of rotatable bonds is 3. The zero-order valence-electron chi connectivity index (χ0n) is 10.9. The maximum absolute atomic E-state index is 13.3. The molecular formula is C14H11F3N2O2. The number of halogens is 3. The Morgan fingerprint density at radius 1 is 1.29 bits per heavy atom. The summed E-state index contributed by atoms with van der Waals surface area (Å²) < 4.78 is 46.1.